The number of nitro benzene ring substituents is 1. The summed E-state index contributed by atoms with van der Waals surface area (Å²) in [5, 5.41) is 13.7. The molecule has 0 saturated heterocycles. The highest BCUT2D eigenvalue weighted by Crippen LogP contribution is 2.27. The second-order valence-corrected chi connectivity index (χ2v) is 9.06. The lowest BCUT2D eigenvalue weighted by Gasteiger charge is -2.23. The number of aromatic nitrogens is 2. The van der Waals surface area contributed by atoms with E-state index in [1.807, 2.05) is 0 Å². The number of nitrogens with zero attached hydrogens (tertiary/aromatic N) is 4. The molecular weight excluding hydrogens is 426 g/mol. The molecule has 1 N–H and O–H groups in total. The van der Waals surface area contributed by atoms with Crippen LogP contribution >= 0.6 is 0 Å². The van der Waals surface area contributed by atoms with E-state index in [-0.39, 0.29) is 17.1 Å². The van der Waals surface area contributed by atoms with Crippen molar-refractivity contribution >= 4 is 44.0 Å². The molecule has 0 spiro atoms. The molecule has 0 aliphatic heterocycles. The van der Waals surface area contributed by atoms with Crippen LogP contribution in [0.5, 0.6) is 0 Å². The van der Waals surface area contributed by atoms with Gasteiger partial charge in [0.15, 0.2) is 0 Å². The average molecular weight is 447 g/mol. The predicted molar refractivity (Wildman–Crippen MR) is 117 cm³/mol. The maximum Gasteiger partial charge on any atom is 0.328 e. The molecule has 2 aromatic carbocycles. The van der Waals surface area contributed by atoms with Gasteiger partial charge in [-0.2, -0.15) is 0 Å². The van der Waals surface area contributed by atoms with Crippen LogP contribution in [-0.4, -0.2) is 41.2 Å². The van der Waals surface area contributed by atoms with Gasteiger partial charge in [-0.3, -0.25) is 28.3 Å². The van der Waals surface area contributed by atoms with E-state index < -0.39 is 27.4 Å². The largest absolute Gasteiger partial charge is 0.328 e. The van der Waals surface area contributed by atoms with Gasteiger partial charge in [0.1, 0.15) is 6.54 Å². The first kappa shape index (κ1) is 22.0. The molecule has 3 aromatic rings. The smallest absolute Gasteiger partial charge is 0.324 e. The molecule has 31 heavy (non-hydrogen) atoms. The van der Waals surface area contributed by atoms with E-state index in [0.29, 0.717) is 22.3 Å². The van der Waals surface area contributed by atoms with Crippen molar-refractivity contribution in [2.24, 2.45) is 14.1 Å². The molecule has 12 heteroatoms. The summed E-state index contributed by atoms with van der Waals surface area (Å²) in [4.78, 5) is 35.2. The van der Waals surface area contributed by atoms with Crippen molar-refractivity contribution < 1.29 is 18.1 Å². The van der Waals surface area contributed by atoms with Crippen LogP contribution in [0, 0.1) is 17.0 Å². The molecule has 0 aliphatic rings. The summed E-state index contributed by atoms with van der Waals surface area (Å²) in [6.07, 6.45) is 0.921. The Labute approximate surface area is 177 Å². The van der Waals surface area contributed by atoms with Crippen LogP contribution in [0.2, 0.25) is 0 Å². The zero-order chi connectivity index (χ0) is 23.1. The highest BCUT2D eigenvalue weighted by molar-refractivity contribution is 7.92. The van der Waals surface area contributed by atoms with E-state index in [0.717, 1.165) is 16.6 Å². The van der Waals surface area contributed by atoms with Crippen LogP contribution in [0.25, 0.3) is 11.0 Å². The van der Waals surface area contributed by atoms with Crippen LogP contribution in [0.1, 0.15) is 5.56 Å². The molecule has 0 saturated carbocycles. The number of non-ortho nitro benzene ring substituents is 1. The Morgan fingerprint density at radius 1 is 1.13 bits per heavy atom. The third-order valence-electron chi connectivity index (χ3n) is 4.92. The predicted octanol–water partition coefficient (Wildman–Crippen LogP) is 1.50. The van der Waals surface area contributed by atoms with E-state index in [9.17, 15) is 28.1 Å². The maximum atomic E-state index is 12.6. The summed E-state index contributed by atoms with van der Waals surface area (Å²) >= 11 is 0. The van der Waals surface area contributed by atoms with Crippen molar-refractivity contribution in [2.45, 2.75) is 6.92 Å². The number of rotatable bonds is 6. The number of hydrogen-bond donors (Lipinski definition) is 1. The molecule has 1 amide bonds. The van der Waals surface area contributed by atoms with E-state index in [1.54, 1.807) is 39.2 Å². The van der Waals surface area contributed by atoms with Gasteiger partial charge in [0.25, 0.3) is 5.69 Å². The monoisotopic (exact) mass is 447 g/mol. The summed E-state index contributed by atoms with van der Waals surface area (Å²) in [6.45, 7) is 1.02. The Balaban J connectivity index is 1.92. The fraction of sp³-hybridized carbons (Fsp3) is 0.263. The summed E-state index contributed by atoms with van der Waals surface area (Å²) in [5.74, 6) is -0.642. The molecule has 11 nitrogen and oxygen atoms in total. The van der Waals surface area contributed by atoms with Crippen LogP contribution < -0.4 is 15.3 Å². The van der Waals surface area contributed by atoms with Crippen LogP contribution in [-0.2, 0) is 28.9 Å². The first-order valence-electron chi connectivity index (χ1n) is 9.08. The Bertz CT molecular complexity index is 1370. The lowest BCUT2D eigenvalue weighted by Crippen LogP contribution is -2.37. The van der Waals surface area contributed by atoms with Crippen molar-refractivity contribution in [1.82, 2.24) is 9.13 Å². The van der Waals surface area contributed by atoms with Crippen LogP contribution in [0.4, 0.5) is 17.1 Å². The van der Waals surface area contributed by atoms with Gasteiger partial charge in [0.05, 0.1) is 27.9 Å². The Morgan fingerprint density at radius 2 is 1.77 bits per heavy atom. The van der Waals surface area contributed by atoms with Gasteiger partial charge < -0.3 is 5.32 Å². The molecular formula is C19H21N5O6S. The van der Waals surface area contributed by atoms with E-state index in [1.165, 1.54) is 21.3 Å². The summed E-state index contributed by atoms with van der Waals surface area (Å²) in [5.41, 5.74) is 1.66. The number of imidazole rings is 1. The molecule has 0 atom stereocenters. The fourth-order valence-electron chi connectivity index (χ4n) is 3.28. The van der Waals surface area contributed by atoms with Crippen molar-refractivity contribution in [3.05, 3.63) is 62.6 Å². The summed E-state index contributed by atoms with van der Waals surface area (Å²) < 4.78 is 28.4. The zero-order valence-electron chi connectivity index (χ0n) is 17.3. The highest BCUT2D eigenvalue weighted by Gasteiger charge is 2.24. The first-order valence-corrected chi connectivity index (χ1v) is 10.9. The van der Waals surface area contributed by atoms with Crippen LogP contribution in [0.3, 0.4) is 0 Å². The van der Waals surface area contributed by atoms with Gasteiger partial charge in [0.2, 0.25) is 15.9 Å². The van der Waals surface area contributed by atoms with Gasteiger partial charge in [-0.15, -0.1) is 0 Å². The highest BCUT2D eigenvalue weighted by atomic mass is 32.2. The number of carbonyl (C=O) groups excluding carboxylic acids is 1. The average Bonchev–Trinajstić information content (AvgIpc) is 2.89. The molecule has 0 fully saturated rings. The summed E-state index contributed by atoms with van der Waals surface area (Å²) in [7, 11) is -0.676. The minimum atomic E-state index is -3.91. The number of carbonyl (C=O) groups is 1. The van der Waals surface area contributed by atoms with Gasteiger partial charge in [0, 0.05) is 31.9 Å². The van der Waals surface area contributed by atoms with Gasteiger partial charge in [-0.1, -0.05) is 6.07 Å². The second kappa shape index (κ2) is 7.87. The fourth-order valence-corrected chi connectivity index (χ4v) is 4.18. The maximum absolute atomic E-state index is 12.6. The second-order valence-electron chi connectivity index (χ2n) is 7.15. The number of sulfonamides is 1. The standard InChI is InChI=1S/C19H21N5O6S/c1-12-5-7-14(24(27)28)10-16(12)23(31(4,29)30)11-18(25)20-13-6-8-15-17(9-13)22(3)19(26)21(15)2/h5-10H,11H2,1-4H3,(H,20,25). The summed E-state index contributed by atoms with van der Waals surface area (Å²) in [6, 6.07) is 8.69. The van der Waals surface area contributed by atoms with Crippen molar-refractivity contribution in [2.75, 3.05) is 22.4 Å². The van der Waals surface area contributed by atoms with Gasteiger partial charge >= 0.3 is 5.69 Å². The lowest BCUT2D eigenvalue weighted by atomic mass is 10.2. The van der Waals surface area contributed by atoms with E-state index in [2.05, 4.69) is 5.32 Å². The number of anilines is 2. The molecule has 0 aliphatic carbocycles. The normalized spacial score (nSPS) is 11.5. The molecule has 3 rings (SSSR count). The molecule has 1 heterocycles. The van der Waals surface area contributed by atoms with Crippen molar-refractivity contribution in [1.29, 1.82) is 0 Å². The Kier molecular flexibility index (Phi) is 5.59. The molecule has 0 bridgehead atoms. The zero-order valence-corrected chi connectivity index (χ0v) is 18.1. The van der Waals surface area contributed by atoms with Crippen LogP contribution in [0.15, 0.2) is 41.2 Å². The number of nitrogens with one attached hydrogen (secondary N) is 1. The van der Waals surface area contributed by atoms with E-state index >= 15 is 0 Å². The minimum Gasteiger partial charge on any atom is -0.324 e. The SMILES string of the molecule is Cc1ccc([N+](=O)[O-])cc1N(CC(=O)Nc1ccc2c(c1)n(C)c(=O)n2C)S(C)(=O)=O. The lowest BCUT2D eigenvalue weighted by molar-refractivity contribution is -0.384. The molecule has 164 valence electrons. The number of nitro groups is 1. The molecule has 0 unspecified atom stereocenters. The van der Waals surface area contributed by atoms with Crippen molar-refractivity contribution in [3.63, 3.8) is 0 Å². The third kappa shape index (κ3) is 4.28. The number of benzene rings is 2. The molecule has 1 aromatic heterocycles. The topological polar surface area (TPSA) is 137 Å². The van der Waals surface area contributed by atoms with Gasteiger partial charge in [-0.25, -0.2) is 13.2 Å². The third-order valence-corrected chi connectivity index (χ3v) is 6.04. The van der Waals surface area contributed by atoms with E-state index in [4.69, 9.17) is 0 Å². The number of aryl methyl sites for hydroxylation is 3. The molecule has 0 radical (unpaired) electrons. The Hall–Kier alpha value is -3.67. The van der Waals surface area contributed by atoms with Crippen molar-refractivity contribution in [3.8, 4) is 0 Å². The quantitative estimate of drug-likeness (QED) is 0.449. The minimum absolute atomic E-state index is 0.0489. The number of fused-ring (bicyclic) bond motifs is 1. The first-order chi connectivity index (χ1) is 14.4. The Morgan fingerprint density at radius 3 is 2.39 bits per heavy atom. The number of amides is 1. The van der Waals surface area contributed by atoms with Gasteiger partial charge in [-0.05, 0) is 30.7 Å². The number of hydrogen-bond acceptors (Lipinski definition) is 6.